The number of ether oxygens (including phenoxy) is 1. The molecule has 1 fully saturated rings. The average Bonchev–Trinajstić information content (AvgIpc) is 3.35. The van der Waals surface area contributed by atoms with Crippen molar-refractivity contribution in [3.05, 3.63) is 52.0 Å². The Bertz CT molecular complexity index is 805. The van der Waals surface area contributed by atoms with Crippen LogP contribution >= 0.6 is 11.3 Å². The Hall–Kier alpha value is -1.44. The van der Waals surface area contributed by atoms with Crippen molar-refractivity contribution in [3.8, 4) is 0 Å². The minimum atomic E-state index is -4.39. The van der Waals surface area contributed by atoms with Crippen molar-refractivity contribution in [2.24, 2.45) is 5.41 Å². The van der Waals surface area contributed by atoms with Gasteiger partial charge >= 0.3 is 6.18 Å². The number of aromatic nitrogens is 1. The van der Waals surface area contributed by atoms with Gasteiger partial charge in [-0.1, -0.05) is 12.1 Å². The Balaban J connectivity index is 1.89. The van der Waals surface area contributed by atoms with E-state index >= 15 is 0 Å². The lowest BCUT2D eigenvalue weighted by Crippen LogP contribution is -2.50. The minimum Gasteiger partial charge on any atom is -0.368 e. The van der Waals surface area contributed by atoms with E-state index < -0.39 is 23.2 Å². The van der Waals surface area contributed by atoms with E-state index in [2.05, 4.69) is 23.7 Å². The fourth-order valence-corrected chi connectivity index (χ4v) is 5.26. The molecule has 30 heavy (non-hydrogen) atoms. The van der Waals surface area contributed by atoms with Gasteiger partial charge in [-0.05, 0) is 76.6 Å². The zero-order valence-corrected chi connectivity index (χ0v) is 18.9. The van der Waals surface area contributed by atoms with Gasteiger partial charge in [0.2, 0.25) is 0 Å². The molecular formula is C23H31F3N2OS. The molecule has 3 heterocycles. The summed E-state index contributed by atoms with van der Waals surface area (Å²) in [5, 5.41) is 1.97. The lowest BCUT2D eigenvalue weighted by Gasteiger charge is -2.41. The van der Waals surface area contributed by atoms with Gasteiger partial charge in [-0.3, -0.25) is 9.88 Å². The number of hydrogen-bond acceptors (Lipinski definition) is 4. The Morgan fingerprint density at radius 3 is 2.60 bits per heavy atom. The molecule has 0 N–H and O–H groups in total. The Labute approximate surface area is 181 Å². The van der Waals surface area contributed by atoms with Gasteiger partial charge < -0.3 is 4.74 Å². The van der Waals surface area contributed by atoms with E-state index in [4.69, 9.17) is 4.74 Å². The van der Waals surface area contributed by atoms with Gasteiger partial charge in [-0.2, -0.15) is 13.2 Å². The smallest absolute Gasteiger partial charge is 0.368 e. The van der Waals surface area contributed by atoms with Gasteiger partial charge in [0.1, 0.15) is 0 Å². The van der Waals surface area contributed by atoms with Crippen molar-refractivity contribution in [1.82, 2.24) is 9.88 Å². The SMILES string of the molecule is CCOC(C(F)(F)F)[C@]1(CCc2cccs2)CCN(C(C)(C)c2ccc(C)nc2)C1. The highest BCUT2D eigenvalue weighted by Crippen LogP contribution is 2.49. The van der Waals surface area contributed by atoms with E-state index in [9.17, 15) is 13.2 Å². The van der Waals surface area contributed by atoms with Crippen molar-refractivity contribution in [2.75, 3.05) is 19.7 Å². The van der Waals surface area contributed by atoms with Crippen LogP contribution in [0.1, 0.15) is 49.7 Å². The van der Waals surface area contributed by atoms with Crippen LogP contribution in [0.25, 0.3) is 0 Å². The van der Waals surface area contributed by atoms with Crippen molar-refractivity contribution < 1.29 is 17.9 Å². The van der Waals surface area contributed by atoms with Gasteiger partial charge in [-0.25, -0.2) is 0 Å². The summed E-state index contributed by atoms with van der Waals surface area (Å²) in [6.45, 7) is 8.71. The molecule has 3 nitrogen and oxygen atoms in total. The number of nitrogens with zero attached hydrogens (tertiary/aromatic N) is 2. The molecule has 1 saturated heterocycles. The minimum absolute atomic E-state index is 0.0518. The number of alkyl halides is 3. The van der Waals surface area contributed by atoms with E-state index in [1.807, 2.05) is 42.8 Å². The second-order valence-corrected chi connectivity index (χ2v) is 9.77. The maximum Gasteiger partial charge on any atom is 0.415 e. The van der Waals surface area contributed by atoms with E-state index in [1.54, 1.807) is 18.3 Å². The number of hydrogen-bond donors (Lipinski definition) is 0. The van der Waals surface area contributed by atoms with Crippen LogP contribution in [0.3, 0.4) is 0 Å². The summed E-state index contributed by atoms with van der Waals surface area (Å²) in [5.74, 6) is 0. The number of aryl methyl sites for hydroxylation is 2. The van der Waals surface area contributed by atoms with Crippen molar-refractivity contribution in [2.45, 2.75) is 64.8 Å². The number of thiophene rings is 1. The highest BCUT2D eigenvalue weighted by molar-refractivity contribution is 7.09. The molecule has 1 unspecified atom stereocenters. The van der Waals surface area contributed by atoms with Crippen LogP contribution in [0, 0.1) is 12.3 Å². The van der Waals surface area contributed by atoms with Crippen LogP contribution in [0.4, 0.5) is 13.2 Å². The first-order chi connectivity index (χ1) is 14.1. The van der Waals surface area contributed by atoms with E-state index in [1.165, 1.54) is 0 Å². The number of rotatable bonds is 8. The molecule has 7 heteroatoms. The maximum absolute atomic E-state index is 14.1. The Morgan fingerprint density at radius 1 is 1.27 bits per heavy atom. The first-order valence-corrected chi connectivity index (χ1v) is 11.4. The van der Waals surface area contributed by atoms with Gasteiger partial charge in [-0.15, -0.1) is 11.3 Å². The monoisotopic (exact) mass is 440 g/mol. The lowest BCUT2D eigenvalue weighted by molar-refractivity contribution is -0.254. The zero-order chi connectivity index (χ0) is 22.0. The summed E-state index contributed by atoms with van der Waals surface area (Å²) in [5.41, 5.74) is 0.568. The van der Waals surface area contributed by atoms with Gasteiger partial charge in [0, 0.05) is 40.9 Å². The van der Waals surface area contributed by atoms with Crippen LogP contribution in [0.5, 0.6) is 0 Å². The van der Waals surface area contributed by atoms with Crippen molar-refractivity contribution in [1.29, 1.82) is 0 Å². The molecule has 2 aromatic heterocycles. The predicted molar refractivity (Wildman–Crippen MR) is 115 cm³/mol. The zero-order valence-electron chi connectivity index (χ0n) is 18.1. The van der Waals surface area contributed by atoms with E-state index in [0.717, 1.165) is 16.1 Å². The molecule has 3 rings (SSSR count). The summed E-state index contributed by atoms with van der Waals surface area (Å²) >= 11 is 1.60. The third-order valence-corrected chi connectivity index (χ3v) is 7.37. The number of likely N-dealkylation sites (tertiary alicyclic amines) is 1. The first-order valence-electron chi connectivity index (χ1n) is 10.5. The first kappa shape index (κ1) is 23.2. The summed E-state index contributed by atoms with van der Waals surface area (Å²) in [4.78, 5) is 7.69. The quantitative estimate of drug-likeness (QED) is 0.505. The van der Waals surface area contributed by atoms with Crippen LogP contribution < -0.4 is 0 Å². The third-order valence-electron chi connectivity index (χ3n) is 6.43. The average molecular weight is 441 g/mol. The maximum atomic E-state index is 14.1. The molecule has 0 radical (unpaired) electrons. The third kappa shape index (κ3) is 4.89. The standard InChI is InChI=1S/C23H31F3N2OS/c1-5-29-20(23(24,25)26)22(11-10-19-7-6-14-30-19)12-13-28(16-22)21(3,4)18-9-8-17(2)27-15-18/h6-9,14-15,20H,5,10-13,16H2,1-4H3/t20?,22-/m1/s1. The fraction of sp³-hybridized carbons (Fsp3) is 0.609. The van der Waals surface area contributed by atoms with Crippen molar-refractivity contribution in [3.63, 3.8) is 0 Å². The van der Waals surface area contributed by atoms with Crippen LogP contribution in [-0.4, -0.2) is 41.9 Å². The van der Waals surface area contributed by atoms with Crippen LogP contribution in [-0.2, 0) is 16.7 Å². The fourth-order valence-electron chi connectivity index (χ4n) is 4.55. The molecule has 2 atom stereocenters. The molecular weight excluding hydrogens is 409 g/mol. The molecule has 166 valence electrons. The molecule has 1 aliphatic rings. The second kappa shape index (κ2) is 8.97. The van der Waals surface area contributed by atoms with Crippen molar-refractivity contribution >= 4 is 11.3 Å². The summed E-state index contributed by atoms with van der Waals surface area (Å²) in [6, 6.07) is 7.93. The topological polar surface area (TPSA) is 25.4 Å². The second-order valence-electron chi connectivity index (χ2n) is 8.74. The van der Waals surface area contributed by atoms with E-state index in [0.29, 0.717) is 32.4 Å². The lowest BCUT2D eigenvalue weighted by atomic mass is 9.76. The predicted octanol–water partition coefficient (Wildman–Crippen LogP) is 5.98. The molecule has 0 spiro atoms. The molecule has 0 aromatic carbocycles. The highest BCUT2D eigenvalue weighted by Gasteiger charge is 2.57. The normalized spacial score (nSPS) is 21.8. The highest BCUT2D eigenvalue weighted by atomic mass is 32.1. The molecule has 1 aliphatic heterocycles. The Morgan fingerprint density at radius 2 is 2.03 bits per heavy atom. The number of pyridine rings is 1. The largest absolute Gasteiger partial charge is 0.415 e. The molecule has 0 amide bonds. The van der Waals surface area contributed by atoms with Crippen LogP contribution in [0.15, 0.2) is 35.8 Å². The summed E-state index contributed by atoms with van der Waals surface area (Å²) in [7, 11) is 0. The summed E-state index contributed by atoms with van der Waals surface area (Å²) < 4.78 is 47.7. The van der Waals surface area contributed by atoms with Crippen LogP contribution in [0.2, 0.25) is 0 Å². The molecule has 0 aliphatic carbocycles. The van der Waals surface area contributed by atoms with E-state index in [-0.39, 0.29) is 6.61 Å². The van der Waals surface area contributed by atoms with Gasteiger partial charge in [0.15, 0.2) is 6.10 Å². The molecule has 2 aromatic rings. The summed E-state index contributed by atoms with van der Waals surface area (Å²) in [6.07, 6.45) is -2.76. The Kier molecular flexibility index (Phi) is 6.94. The van der Waals surface area contributed by atoms with Gasteiger partial charge in [0.05, 0.1) is 0 Å². The van der Waals surface area contributed by atoms with Gasteiger partial charge in [0.25, 0.3) is 0 Å². The molecule has 0 bridgehead atoms. The number of halogens is 3. The molecule has 0 saturated carbocycles.